The summed E-state index contributed by atoms with van der Waals surface area (Å²) in [6.45, 7) is 4.88. The predicted molar refractivity (Wildman–Crippen MR) is 66.4 cm³/mol. The average Bonchev–Trinajstić information content (AvgIpc) is 2.70. The van der Waals surface area contributed by atoms with Crippen LogP contribution < -0.4 is 5.69 Å². The van der Waals surface area contributed by atoms with Gasteiger partial charge in [0.15, 0.2) is 5.65 Å². The van der Waals surface area contributed by atoms with Crippen LogP contribution in [0.3, 0.4) is 0 Å². The highest BCUT2D eigenvalue weighted by molar-refractivity contribution is 5.35. The molecule has 1 aliphatic heterocycles. The van der Waals surface area contributed by atoms with Gasteiger partial charge in [0.2, 0.25) is 0 Å². The van der Waals surface area contributed by atoms with Gasteiger partial charge in [0.1, 0.15) is 0 Å². The zero-order valence-electron chi connectivity index (χ0n) is 10.3. The summed E-state index contributed by atoms with van der Waals surface area (Å²) in [5, 5.41) is 4.33. The monoisotopic (exact) mass is 248 g/mol. The Balaban J connectivity index is 1.90. The van der Waals surface area contributed by atoms with E-state index in [9.17, 15) is 4.79 Å². The smallest absolute Gasteiger partial charge is 0.351 e. The first-order chi connectivity index (χ1) is 8.75. The molecule has 1 saturated heterocycles. The second kappa shape index (κ2) is 4.55. The van der Waals surface area contributed by atoms with E-state index in [0.717, 1.165) is 6.54 Å². The molecule has 0 N–H and O–H groups in total. The number of morpholine rings is 1. The number of nitrogens with zero attached hydrogens (tertiary/aromatic N) is 4. The number of pyridine rings is 1. The van der Waals surface area contributed by atoms with Crippen molar-refractivity contribution in [1.82, 2.24) is 19.1 Å². The van der Waals surface area contributed by atoms with Gasteiger partial charge in [0.25, 0.3) is 0 Å². The lowest BCUT2D eigenvalue weighted by Gasteiger charge is -2.32. The molecule has 0 radical (unpaired) electrons. The first-order valence-corrected chi connectivity index (χ1v) is 6.12. The second-order valence-corrected chi connectivity index (χ2v) is 4.59. The van der Waals surface area contributed by atoms with Crippen molar-refractivity contribution in [2.75, 3.05) is 19.8 Å². The third-order valence-corrected chi connectivity index (χ3v) is 3.31. The Labute approximate surface area is 104 Å². The first-order valence-electron chi connectivity index (χ1n) is 6.12. The van der Waals surface area contributed by atoms with Crippen molar-refractivity contribution in [2.45, 2.75) is 19.6 Å². The molecule has 1 fully saturated rings. The van der Waals surface area contributed by atoms with Gasteiger partial charge in [0.05, 0.1) is 19.9 Å². The second-order valence-electron chi connectivity index (χ2n) is 4.59. The van der Waals surface area contributed by atoms with Crippen LogP contribution in [0.2, 0.25) is 0 Å². The van der Waals surface area contributed by atoms with Gasteiger partial charge in [-0.1, -0.05) is 6.07 Å². The lowest BCUT2D eigenvalue weighted by Crippen LogP contribution is -2.46. The van der Waals surface area contributed by atoms with E-state index in [-0.39, 0.29) is 5.69 Å². The molecule has 6 heteroatoms. The third-order valence-electron chi connectivity index (χ3n) is 3.31. The predicted octanol–water partition coefficient (Wildman–Crippen LogP) is 0.174. The number of hydrogen-bond donors (Lipinski definition) is 0. The van der Waals surface area contributed by atoms with Crippen LogP contribution in [0, 0.1) is 0 Å². The highest BCUT2D eigenvalue weighted by Gasteiger charge is 2.20. The van der Waals surface area contributed by atoms with Crippen molar-refractivity contribution >= 4 is 5.65 Å². The highest BCUT2D eigenvalue weighted by Crippen LogP contribution is 2.06. The van der Waals surface area contributed by atoms with Crippen molar-refractivity contribution in [1.29, 1.82) is 0 Å². The van der Waals surface area contributed by atoms with Gasteiger partial charge in [-0.15, -0.1) is 5.10 Å². The molecule has 0 spiro atoms. The minimum Gasteiger partial charge on any atom is -0.379 e. The summed E-state index contributed by atoms with van der Waals surface area (Å²) < 4.78 is 8.46. The highest BCUT2D eigenvalue weighted by atomic mass is 16.5. The Morgan fingerprint density at radius 1 is 1.50 bits per heavy atom. The van der Waals surface area contributed by atoms with Gasteiger partial charge in [-0.25, -0.2) is 4.79 Å². The van der Waals surface area contributed by atoms with Gasteiger partial charge in [-0.2, -0.15) is 4.68 Å². The number of aromatic nitrogens is 3. The summed E-state index contributed by atoms with van der Waals surface area (Å²) in [6.07, 6.45) is 1.74. The van der Waals surface area contributed by atoms with Gasteiger partial charge in [0, 0.05) is 18.8 Å². The summed E-state index contributed by atoms with van der Waals surface area (Å²) in [5.74, 6) is 0. The molecule has 0 amide bonds. The molecule has 18 heavy (non-hydrogen) atoms. The maximum absolute atomic E-state index is 12.1. The molecule has 0 saturated carbocycles. The maximum atomic E-state index is 12.1. The van der Waals surface area contributed by atoms with Gasteiger partial charge in [-0.05, 0) is 19.1 Å². The maximum Gasteiger partial charge on any atom is 0.351 e. The molecule has 1 aliphatic rings. The normalized spacial score (nSPS) is 21.5. The Bertz CT molecular complexity index is 603. The van der Waals surface area contributed by atoms with E-state index < -0.39 is 0 Å². The first kappa shape index (κ1) is 11.4. The minimum atomic E-state index is -0.0932. The van der Waals surface area contributed by atoms with E-state index in [2.05, 4.69) is 16.9 Å². The molecule has 2 aromatic heterocycles. The average molecular weight is 248 g/mol. The van der Waals surface area contributed by atoms with Crippen LogP contribution in [0.25, 0.3) is 5.65 Å². The van der Waals surface area contributed by atoms with Crippen LogP contribution in [0.15, 0.2) is 29.2 Å². The van der Waals surface area contributed by atoms with Crippen molar-refractivity contribution in [3.05, 3.63) is 34.9 Å². The fourth-order valence-electron chi connectivity index (χ4n) is 2.20. The summed E-state index contributed by atoms with van der Waals surface area (Å²) >= 11 is 0. The van der Waals surface area contributed by atoms with Gasteiger partial charge in [-0.3, -0.25) is 9.30 Å². The SMILES string of the molecule is CC1COCCN1Cn1nc2ccccn2c1=O. The molecule has 0 bridgehead atoms. The van der Waals surface area contributed by atoms with E-state index in [1.165, 1.54) is 4.68 Å². The van der Waals surface area contributed by atoms with E-state index in [1.54, 1.807) is 10.6 Å². The van der Waals surface area contributed by atoms with Gasteiger partial charge < -0.3 is 4.74 Å². The van der Waals surface area contributed by atoms with Crippen molar-refractivity contribution in [2.24, 2.45) is 0 Å². The fourth-order valence-corrected chi connectivity index (χ4v) is 2.20. The number of ether oxygens (including phenoxy) is 1. The van der Waals surface area contributed by atoms with E-state index >= 15 is 0 Å². The van der Waals surface area contributed by atoms with Gasteiger partial charge >= 0.3 is 5.69 Å². The molecular formula is C12H16N4O2. The summed E-state index contributed by atoms with van der Waals surface area (Å²) in [6, 6.07) is 5.86. The van der Waals surface area contributed by atoms with E-state index in [1.807, 2.05) is 18.2 Å². The zero-order valence-corrected chi connectivity index (χ0v) is 10.3. The molecule has 96 valence electrons. The van der Waals surface area contributed by atoms with Crippen molar-refractivity contribution in [3.63, 3.8) is 0 Å². The van der Waals surface area contributed by atoms with Crippen molar-refractivity contribution in [3.8, 4) is 0 Å². The quantitative estimate of drug-likeness (QED) is 0.760. The Kier molecular flexibility index (Phi) is 2.89. The summed E-state index contributed by atoms with van der Waals surface area (Å²) in [4.78, 5) is 14.3. The standard InChI is InChI=1S/C12H16N4O2/c1-10-8-18-7-6-14(10)9-16-12(17)15-5-3-2-4-11(15)13-16/h2-5,10H,6-9H2,1H3. The lowest BCUT2D eigenvalue weighted by atomic mass is 10.3. The Morgan fingerprint density at radius 2 is 2.39 bits per heavy atom. The molecule has 1 atom stereocenters. The van der Waals surface area contributed by atoms with Crippen LogP contribution in [0.5, 0.6) is 0 Å². The van der Waals surface area contributed by atoms with Crippen LogP contribution in [0.1, 0.15) is 6.92 Å². The topological polar surface area (TPSA) is 51.8 Å². The summed E-state index contributed by atoms with van der Waals surface area (Å²) in [7, 11) is 0. The Hall–Kier alpha value is -1.66. The lowest BCUT2D eigenvalue weighted by molar-refractivity contribution is -0.0178. The molecular weight excluding hydrogens is 232 g/mol. The zero-order chi connectivity index (χ0) is 12.5. The fraction of sp³-hybridized carbons (Fsp3) is 0.500. The van der Waals surface area contributed by atoms with E-state index in [0.29, 0.717) is 31.6 Å². The molecule has 1 unspecified atom stereocenters. The molecule has 0 aromatic carbocycles. The van der Waals surface area contributed by atoms with Crippen molar-refractivity contribution < 1.29 is 4.74 Å². The third kappa shape index (κ3) is 1.93. The molecule has 3 rings (SSSR count). The van der Waals surface area contributed by atoms with E-state index in [4.69, 9.17) is 4.74 Å². The Morgan fingerprint density at radius 3 is 3.17 bits per heavy atom. The van der Waals surface area contributed by atoms with Crippen LogP contribution in [-0.2, 0) is 11.4 Å². The number of hydrogen-bond acceptors (Lipinski definition) is 4. The largest absolute Gasteiger partial charge is 0.379 e. The van der Waals surface area contributed by atoms with Crippen LogP contribution in [0.4, 0.5) is 0 Å². The number of fused-ring (bicyclic) bond motifs is 1. The minimum absolute atomic E-state index is 0.0932. The van der Waals surface area contributed by atoms with Crippen LogP contribution >= 0.6 is 0 Å². The summed E-state index contributed by atoms with van der Waals surface area (Å²) in [5.41, 5.74) is 0.590. The molecule has 0 aliphatic carbocycles. The number of rotatable bonds is 2. The molecule has 3 heterocycles. The molecule has 2 aromatic rings. The van der Waals surface area contributed by atoms with Crippen LogP contribution in [-0.4, -0.2) is 44.9 Å². The molecule has 6 nitrogen and oxygen atoms in total.